The summed E-state index contributed by atoms with van der Waals surface area (Å²) in [6.07, 6.45) is 5.84. The molecule has 3 heterocycles. The molecule has 1 N–H and O–H groups in total. The standard InChI is InChI=1S/C26H25N3O6/c1-33-19-5-2-4-17(14-19)23-22(24(30)18-6-7-20-21(15-18)35-13-12-34-20)25(31)26(32)29(23)10-3-9-28-11-8-27-16-28/h2,4-8,11,14-16,23,30H,3,9-10,12-13H2,1H3/b24-22+/t23-/m1/s1. The van der Waals surface area contributed by atoms with Gasteiger partial charge in [-0.25, -0.2) is 4.98 Å². The average molecular weight is 476 g/mol. The molecule has 2 aromatic carbocycles. The second kappa shape index (κ2) is 9.54. The first-order chi connectivity index (χ1) is 17.1. The second-order valence-corrected chi connectivity index (χ2v) is 8.28. The van der Waals surface area contributed by atoms with Crippen molar-refractivity contribution in [3.8, 4) is 17.2 Å². The molecule has 0 aliphatic carbocycles. The lowest BCUT2D eigenvalue weighted by molar-refractivity contribution is -0.139. The first-order valence-electron chi connectivity index (χ1n) is 11.3. The fourth-order valence-corrected chi connectivity index (χ4v) is 4.46. The van der Waals surface area contributed by atoms with Crippen molar-refractivity contribution in [2.45, 2.75) is 19.0 Å². The van der Waals surface area contributed by atoms with Crippen LogP contribution in [0.1, 0.15) is 23.6 Å². The summed E-state index contributed by atoms with van der Waals surface area (Å²) in [6.45, 7) is 1.79. The predicted octanol–water partition coefficient (Wildman–Crippen LogP) is 3.17. The zero-order valence-electron chi connectivity index (χ0n) is 19.2. The number of imidazole rings is 1. The molecule has 0 radical (unpaired) electrons. The maximum atomic E-state index is 13.2. The van der Waals surface area contributed by atoms with Gasteiger partial charge in [0, 0.05) is 31.0 Å². The van der Waals surface area contributed by atoms with E-state index in [1.807, 2.05) is 16.8 Å². The first-order valence-corrected chi connectivity index (χ1v) is 11.3. The Morgan fingerprint density at radius 2 is 1.94 bits per heavy atom. The molecule has 1 amide bonds. The summed E-state index contributed by atoms with van der Waals surface area (Å²) in [5, 5.41) is 11.3. The van der Waals surface area contributed by atoms with Crippen molar-refractivity contribution in [2.75, 3.05) is 26.9 Å². The predicted molar refractivity (Wildman–Crippen MR) is 126 cm³/mol. The minimum Gasteiger partial charge on any atom is -0.507 e. The summed E-state index contributed by atoms with van der Waals surface area (Å²) in [7, 11) is 1.55. The third-order valence-electron chi connectivity index (χ3n) is 6.14. The number of fused-ring (bicyclic) bond motifs is 1. The number of hydrogen-bond acceptors (Lipinski definition) is 7. The van der Waals surface area contributed by atoms with Gasteiger partial charge in [-0.2, -0.15) is 0 Å². The highest BCUT2D eigenvalue weighted by Gasteiger charge is 2.46. The fourth-order valence-electron chi connectivity index (χ4n) is 4.46. The number of aliphatic hydroxyl groups is 1. The highest BCUT2D eigenvalue weighted by atomic mass is 16.6. The Balaban J connectivity index is 1.54. The molecule has 9 heteroatoms. The van der Waals surface area contributed by atoms with Crippen molar-refractivity contribution >= 4 is 17.4 Å². The molecule has 180 valence electrons. The molecule has 35 heavy (non-hydrogen) atoms. The van der Waals surface area contributed by atoms with Crippen LogP contribution in [0.5, 0.6) is 17.2 Å². The summed E-state index contributed by atoms with van der Waals surface area (Å²) < 4.78 is 18.5. The Morgan fingerprint density at radius 1 is 1.11 bits per heavy atom. The summed E-state index contributed by atoms with van der Waals surface area (Å²) in [5.74, 6) is -0.00337. The Morgan fingerprint density at radius 3 is 2.71 bits per heavy atom. The minimum absolute atomic E-state index is 0.0301. The van der Waals surface area contributed by atoms with Gasteiger partial charge in [0.15, 0.2) is 11.5 Å². The fraction of sp³-hybridized carbons (Fsp3) is 0.269. The van der Waals surface area contributed by atoms with E-state index < -0.39 is 17.7 Å². The Hall–Kier alpha value is -4.27. The van der Waals surface area contributed by atoms with Gasteiger partial charge in [-0.05, 0) is 42.3 Å². The zero-order valence-corrected chi connectivity index (χ0v) is 19.2. The normalized spacial score (nSPS) is 18.7. The highest BCUT2D eigenvalue weighted by molar-refractivity contribution is 6.46. The lowest BCUT2D eigenvalue weighted by Gasteiger charge is -2.26. The van der Waals surface area contributed by atoms with E-state index in [0.29, 0.717) is 61.1 Å². The molecule has 1 aromatic heterocycles. The monoisotopic (exact) mass is 475 g/mol. The van der Waals surface area contributed by atoms with Gasteiger partial charge in [-0.3, -0.25) is 9.59 Å². The van der Waals surface area contributed by atoms with Gasteiger partial charge in [0.2, 0.25) is 0 Å². The number of likely N-dealkylation sites (tertiary alicyclic amines) is 1. The van der Waals surface area contributed by atoms with E-state index in [2.05, 4.69) is 4.98 Å². The number of hydrogen-bond donors (Lipinski definition) is 1. The molecule has 1 atom stereocenters. The van der Waals surface area contributed by atoms with Crippen molar-refractivity contribution in [2.24, 2.45) is 0 Å². The van der Waals surface area contributed by atoms with Crippen LogP contribution >= 0.6 is 0 Å². The molecular formula is C26H25N3O6. The third-order valence-corrected chi connectivity index (χ3v) is 6.14. The number of aliphatic hydroxyl groups excluding tert-OH is 1. The highest BCUT2D eigenvalue weighted by Crippen LogP contribution is 2.41. The van der Waals surface area contributed by atoms with Crippen LogP contribution in [0.15, 0.2) is 66.8 Å². The third kappa shape index (κ3) is 4.32. The summed E-state index contributed by atoms with van der Waals surface area (Å²) in [4.78, 5) is 31.9. The molecule has 0 unspecified atom stereocenters. The maximum absolute atomic E-state index is 13.2. The molecular weight excluding hydrogens is 450 g/mol. The number of methoxy groups -OCH3 is 1. The smallest absolute Gasteiger partial charge is 0.295 e. The summed E-state index contributed by atoms with van der Waals surface area (Å²) in [5.41, 5.74) is 1.08. The van der Waals surface area contributed by atoms with Crippen LogP contribution in [0.2, 0.25) is 0 Å². The van der Waals surface area contributed by atoms with E-state index in [4.69, 9.17) is 14.2 Å². The molecule has 5 rings (SSSR count). The molecule has 1 fully saturated rings. The number of carbonyl (C=O) groups excluding carboxylic acids is 2. The van der Waals surface area contributed by atoms with E-state index in [-0.39, 0.29) is 11.3 Å². The molecule has 0 bridgehead atoms. The lowest BCUT2D eigenvalue weighted by atomic mass is 9.95. The number of nitrogens with zero attached hydrogens (tertiary/aromatic N) is 3. The minimum atomic E-state index is -0.763. The van der Waals surface area contributed by atoms with Crippen LogP contribution in [0.25, 0.3) is 5.76 Å². The zero-order chi connectivity index (χ0) is 24.4. The van der Waals surface area contributed by atoms with E-state index in [1.165, 1.54) is 4.90 Å². The lowest BCUT2D eigenvalue weighted by Crippen LogP contribution is -2.31. The Kier molecular flexibility index (Phi) is 6.13. The van der Waals surface area contributed by atoms with Gasteiger partial charge in [-0.1, -0.05) is 12.1 Å². The van der Waals surface area contributed by atoms with Gasteiger partial charge in [0.05, 0.1) is 25.1 Å². The molecule has 3 aromatic rings. The van der Waals surface area contributed by atoms with Crippen molar-refractivity contribution in [1.82, 2.24) is 14.5 Å². The number of Topliss-reactive ketones (excluding diaryl/α,β-unsaturated/α-hetero) is 1. The van der Waals surface area contributed by atoms with Crippen LogP contribution in [-0.2, 0) is 16.1 Å². The number of aromatic nitrogens is 2. The van der Waals surface area contributed by atoms with E-state index in [9.17, 15) is 14.7 Å². The van der Waals surface area contributed by atoms with Gasteiger partial charge >= 0.3 is 0 Å². The van der Waals surface area contributed by atoms with E-state index in [0.717, 1.165) is 0 Å². The second-order valence-electron chi connectivity index (χ2n) is 8.28. The van der Waals surface area contributed by atoms with Gasteiger partial charge in [0.25, 0.3) is 11.7 Å². The first kappa shape index (κ1) is 22.5. The maximum Gasteiger partial charge on any atom is 0.295 e. The van der Waals surface area contributed by atoms with E-state index >= 15 is 0 Å². The van der Waals surface area contributed by atoms with Crippen LogP contribution in [0.4, 0.5) is 0 Å². The van der Waals surface area contributed by atoms with Crippen LogP contribution in [-0.4, -0.2) is 58.1 Å². The molecule has 0 saturated carbocycles. The summed E-state index contributed by atoms with van der Waals surface area (Å²) >= 11 is 0. The van der Waals surface area contributed by atoms with Gasteiger partial charge in [0.1, 0.15) is 24.7 Å². The van der Waals surface area contributed by atoms with Gasteiger partial charge < -0.3 is 28.8 Å². The molecule has 2 aliphatic heterocycles. The Labute approximate surface area is 202 Å². The quantitative estimate of drug-likeness (QED) is 0.318. The number of ether oxygens (including phenoxy) is 3. The average Bonchev–Trinajstić information content (AvgIpc) is 3.50. The number of benzene rings is 2. The van der Waals surface area contributed by atoms with Crippen LogP contribution < -0.4 is 14.2 Å². The van der Waals surface area contributed by atoms with Gasteiger partial charge in [-0.15, -0.1) is 0 Å². The van der Waals surface area contributed by atoms with Crippen LogP contribution in [0.3, 0.4) is 0 Å². The number of amides is 1. The number of rotatable bonds is 7. The number of ketones is 1. The van der Waals surface area contributed by atoms with E-state index in [1.54, 1.807) is 56.0 Å². The van der Waals surface area contributed by atoms with Crippen molar-refractivity contribution < 1.29 is 28.9 Å². The SMILES string of the molecule is COc1cccc([C@@H]2/C(=C(\O)c3ccc4c(c3)OCCO4)C(=O)C(=O)N2CCCn2ccnc2)c1. The molecule has 0 spiro atoms. The molecule has 9 nitrogen and oxygen atoms in total. The number of carbonyl (C=O) groups is 2. The topological polar surface area (TPSA) is 103 Å². The molecule has 2 aliphatic rings. The molecule has 1 saturated heterocycles. The van der Waals surface area contributed by atoms with Crippen LogP contribution in [0, 0.1) is 0 Å². The Bertz CT molecular complexity index is 1280. The largest absolute Gasteiger partial charge is 0.507 e. The number of aryl methyl sites for hydroxylation is 1. The summed E-state index contributed by atoms with van der Waals surface area (Å²) in [6, 6.07) is 11.4. The van der Waals surface area contributed by atoms with Crippen molar-refractivity contribution in [3.63, 3.8) is 0 Å². The van der Waals surface area contributed by atoms with Crippen molar-refractivity contribution in [1.29, 1.82) is 0 Å². The van der Waals surface area contributed by atoms with Crippen molar-refractivity contribution in [3.05, 3.63) is 77.9 Å².